The molecular formula is C10H15N3O4. The number of nitrogens with one attached hydrogen (secondary N) is 2. The van der Waals surface area contributed by atoms with Crippen LogP contribution in [0.25, 0.3) is 0 Å². The Kier molecular flexibility index (Phi) is 5.15. The molecule has 2 N–H and O–H groups in total. The van der Waals surface area contributed by atoms with Crippen molar-refractivity contribution < 1.29 is 18.8 Å². The van der Waals surface area contributed by atoms with Gasteiger partial charge in [0.15, 0.2) is 5.82 Å². The highest BCUT2D eigenvalue weighted by molar-refractivity contribution is 6.03. The summed E-state index contributed by atoms with van der Waals surface area (Å²) in [5, 5.41) is 8.56. The number of carbonyl (C=O) groups excluding carboxylic acids is 2. The molecule has 0 unspecified atom stereocenters. The fourth-order valence-corrected chi connectivity index (χ4v) is 1.11. The van der Waals surface area contributed by atoms with Gasteiger partial charge in [0.05, 0.1) is 6.61 Å². The van der Waals surface area contributed by atoms with Crippen LogP contribution in [0.5, 0.6) is 0 Å². The second-order valence-electron chi connectivity index (χ2n) is 3.39. The number of carbonyl (C=O) groups is 2. The van der Waals surface area contributed by atoms with Crippen LogP contribution in [0.2, 0.25) is 0 Å². The first-order chi connectivity index (χ1) is 8.11. The van der Waals surface area contributed by atoms with Crippen molar-refractivity contribution in [3.63, 3.8) is 0 Å². The molecular weight excluding hydrogens is 226 g/mol. The predicted molar refractivity (Wildman–Crippen MR) is 59.4 cm³/mol. The zero-order valence-corrected chi connectivity index (χ0v) is 9.78. The Morgan fingerprint density at radius 3 is 2.82 bits per heavy atom. The van der Waals surface area contributed by atoms with Crippen LogP contribution in [0, 0.1) is 6.92 Å². The Labute approximate surface area is 98.5 Å². The van der Waals surface area contributed by atoms with E-state index in [0.717, 1.165) is 0 Å². The van der Waals surface area contributed by atoms with Gasteiger partial charge in [-0.25, -0.2) is 0 Å². The number of hydrogen-bond donors (Lipinski definition) is 2. The lowest BCUT2D eigenvalue weighted by Crippen LogP contribution is -2.30. The minimum atomic E-state index is -0.437. The largest absolute Gasteiger partial charge is 0.383 e. The van der Waals surface area contributed by atoms with E-state index in [1.807, 2.05) is 0 Å². The lowest BCUT2D eigenvalue weighted by molar-refractivity contribution is -0.126. The van der Waals surface area contributed by atoms with Gasteiger partial charge in [0.2, 0.25) is 11.8 Å². The van der Waals surface area contributed by atoms with Crippen LogP contribution < -0.4 is 10.6 Å². The summed E-state index contributed by atoms with van der Waals surface area (Å²) in [7, 11) is 1.53. The Hall–Kier alpha value is -1.89. The molecule has 7 heteroatoms. The van der Waals surface area contributed by atoms with E-state index in [9.17, 15) is 9.59 Å². The highest BCUT2D eigenvalue weighted by Gasteiger charge is 2.10. The van der Waals surface area contributed by atoms with Gasteiger partial charge in [-0.3, -0.25) is 9.59 Å². The summed E-state index contributed by atoms with van der Waals surface area (Å²) in [5.74, 6) is 0.0926. The average molecular weight is 241 g/mol. The average Bonchev–Trinajstić information content (AvgIpc) is 2.64. The zero-order valence-electron chi connectivity index (χ0n) is 9.78. The molecule has 0 radical (unpaired) electrons. The summed E-state index contributed by atoms with van der Waals surface area (Å²) in [6.07, 6.45) is -0.254. The van der Waals surface area contributed by atoms with Crippen molar-refractivity contribution in [1.82, 2.24) is 10.5 Å². The third-order valence-electron chi connectivity index (χ3n) is 1.84. The van der Waals surface area contributed by atoms with Crippen molar-refractivity contribution in [3.05, 3.63) is 11.8 Å². The van der Waals surface area contributed by atoms with E-state index >= 15 is 0 Å². The molecule has 17 heavy (non-hydrogen) atoms. The second kappa shape index (κ2) is 6.64. The molecule has 1 aromatic rings. The Balaban J connectivity index is 2.27. The molecule has 0 aliphatic rings. The van der Waals surface area contributed by atoms with Crippen LogP contribution in [0.15, 0.2) is 10.6 Å². The number of anilines is 1. The molecule has 0 aromatic carbocycles. The minimum Gasteiger partial charge on any atom is -0.383 e. The van der Waals surface area contributed by atoms with Gasteiger partial charge in [-0.05, 0) is 6.92 Å². The van der Waals surface area contributed by atoms with E-state index < -0.39 is 5.91 Å². The summed E-state index contributed by atoms with van der Waals surface area (Å²) in [6, 6.07) is 1.57. The van der Waals surface area contributed by atoms with Crippen molar-refractivity contribution >= 4 is 17.6 Å². The fraction of sp³-hybridized carbons (Fsp3) is 0.500. The van der Waals surface area contributed by atoms with Crippen molar-refractivity contribution in [2.75, 3.05) is 25.6 Å². The fourth-order valence-electron chi connectivity index (χ4n) is 1.11. The van der Waals surface area contributed by atoms with Gasteiger partial charge in [0.1, 0.15) is 12.2 Å². The molecule has 0 spiro atoms. The molecule has 94 valence electrons. The first-order valence-electron chi connectivity index (χ1n) is 5.10. The van der Waals surface area contributed by atoms with Crippen LogP contribution in [-0.4, -0.2) is 37.2 Å². The Morgan fingerprint density at radius 2 is 2.24 bits per heavy atom. The molecule has 0 saturated heterocycles. The SMILES string of the molecule is COCCNC(=O)CC(=O)Nc1cc(C)on1. The molecule has 1 heterocycles. The first-order valence-corrected chi connectivity index (χ1v) is 5.10. The highest BCUT2D eigenvalue weighted by Crippen LogP contribution is 2.06. The number of aryl methyl sites for hydroxylation is 1. The van der Waals surface area contributed by atoms with Gasteiger partial charge in [-0.15, -0.1) is 0 Å². The molecule has 0 saturated carbocycles. The number of rotatable bonds is 6. The van der Waals surface area contributed by atoms with Gasteiger partial charge in [0.25, 0.3) is 0 Å². The maximum Gasteiger partial charge on any atom is 0.235 e. The van der Waals surface area contributed by atoms with E-state index in [1.165, 1.54) is 7.11 Å². The maximum atomic E-state index is 11.4. The molecule has 1 rings (SSSR count). The molecule has 0 aliphatic heterocycles. The van der Waals surface area contributed by atoms with Crippen LogP contribution in [-0.2, 0) is 14.3 Å². The van der Waals surface area contributed by atoms with Crippen molar-refractivity contribution in [3.8, 4) is 0 Å². The minimum absolute atomic E-state index is 0.254. The number of ether oxygens (including phenoxy) is 1. The van der Waals surface area contributed by atoms with Crippen molar-refractivity contribution in [2.24, 2.45) is 0 Å². The van der Waals surface area contributed by atoms with E-state index in [1.54, 1.807) is 13.0 Å². The molecule has 2 amide bonds. The quantitative estimate of drug-likeness (QED) is 0.543. The van der Waals surface area contributed by atoms with Gasteiger partial charge in [-0.2, -0.15) is 0 Å². The third-order valence-corrected chi connectivity index (χ3v) is 1.84. The van der Waals surface area contributed by atoms with Crippen LogP contribution in [0.3, 0.4) is 0 Å². The lowest BCUT2D eigenvalue weighted by atomic mass is 10.3. The standard InChI is InChI=1S/C10H15N3O4/c1-7-5-8(13-17-7)12-10(15)6-9(14)11-3-4-16-2/h5H,3-4,6H2,1-2H3,(H,11,14)(H,12,13,15). The van der Waals surface area contributed by atoms with Gasteiger partial charge in [-0.1, -0.05) is 5.16 Å². The smallest absolute Gasteiger partial charge is 0.235 e. The summed E-state index contributed by atoms with van der Waals surface area (Å²) in [5.41, 5.74) is 0. The van der Waals surface area contributed by atoms with Gasteiger partial charge < -0.3 is 19.9 Å². The third kappa shape index (κ3) is 5.12. The number of hydrogen-bond acceptors (Lipinski definition) is 5. The van der Waals surface area contributed by atoms with Crippen LogP contribution in [0.1, 0.15) is 12.2 Å². The van der Waals surface area contributed by atoms with Crippen LogP contribution in [0.4, 0.5) is 5.82 Å². The molecule has 7 nitrogen and oxygen atoms in total. The van der Waals surface area contributed by atoms with E-state index in [0.29, 0.717) is 24.7 Å². The highest BCUT2D eigenvalue weighted by atomic mass is 16.5. The molecule has 0 fully saturated rings. The molecule has 1 aromatic heterocycles. The van der Waals surface area contributed by atoms with Crippen molar-refractivity contribution in [2.45, 2.75) is 13.3 Å². The van der Waals surface area contributed by atoms with E-state index in [2.05, 4.69) is 15.8 Å². The molecule has 0 aliphatic carbocycles. The normalized spacial score (nSPS) is 10.0. The molecule has 0 bridgehead atoms. The molecule has 0 atom stereocenters. The number of nitrogens with zero attached hydrogens (tertiary/aromatic N) is 1. The second-order valence-corrected chi connectivity index (χ2v) is 3.39. The van der Waals surface area contributed by atoms with Gasteiger partial charge in [0, 0.05) is 19.7 Å². The monoisotopic (exact) mass is 241 g/mol. The Morgan fingerprint density at radius 1 is 1.47 bits per heavy atom. The van der Waals surface area contributed by atoms with Gasteiger partial charge >= 0.3 is 0 Å². The summed E-state index contributed by atoms with van der Waals surface area (Å²) in [6.45, 7) is 2.50. The summed E-state index contributed by atoms with van der Waals surface area (Å²) >= 11 is 0. The maximum absolute atomic E-state index is 11.4. The lowest BCUT2D eigenvalue weighted by Gasteiger charge is -2.03. The van der Waals surface area contributed by atoms with Crippen LogP contribution >= 0.6 is 0 Å². The van der Waals surface area contributed by atoms with Crippen molar-refractivity contribution in [1.29, 1.82) is 0 Å². The summed E-state index contributed by atoms with van der Waals surface area (Å²) < 4.78 is 9.53. The number of methoxy groups -OCH3 is 1. The summed E-state index contributed by atoms with van der Waals surface area (Å²) in [4.78, 5) is 22.6. The topological polar surface area (TPSA) is 93.5 Å². The number of amides is 2. The van der Waals surface area contributed by atoms with E-state index in [-0.39, 0.29) is 12.3 Å². The Bertz CT molecular complexity index is 389. The number of aromatic nitrogens is 1. The first kappa shape index (κ1) is 13.2. The predicted octanol–water partition coefficient (Wildman–Crippen LogP) is 0.0742. The zero-order chi connectivity index (χ0) is 12.7. The van der Waals surface area contributed by atoms with E-state index in [4.69, 9.17) is 9.26 Å².